The van der Waals surface area contributed by atoms with Crippen LogP contribution < -0.4 is 0 Å². The fourth-order valence-corrected chi connectivity index (χ4v) is 3.68. The second kappa shape index (κ2) is 7.09. The Hall–Kier alpha value is -3.78. The molecule has 2 heterocycles. The second-order valence-corrected chi connectivity index (χ2v) is 6.75. The van der Waals surface area contributed by atoms with Crippen LogP contribution in [-0.2, 0) is 0 Å². The highest BCUT2D eigenvalue weighted by molar-refractivity contribution is 5.95. The summed E-state index contributed by atoms with van der Waals surface area (Å²) in [7, 11) is 0. The van der Waals surface area contributed by atoms with Gasteiger partial charge in [0.25, 0.3) is 0 Å². The summed E-state index contributed by atoms with van der Waals surface area (Å²) in [6, 6.07) is 31.5. The number of pyridine rings is 2. The van der Waals surface area contributed by atoms with Crippen LogP contribution in [0.5, 0.6) is 0 Å². The Morgan fingerprint density at radius 2 is 1.32 bits per heavy atom. The first-order chi connectivity index (χ1) is 13.9. The number of rotatable bonds is 3. The van der Waals surface area contributed by atoms with Crippen LogP contribution in [0.1, 0.15) is 0 Å². The SMILES string of the molecule is c1ccc(-c2ccncc2-c2cccc(-c3nccc4ccccc34)c2)cc1. The van der Waals surface area contributed by atoms with Gasteiger partial charge in [0.15, 0.2) is 0 Å². The van der Waals surface area contributed by atoms with Gasteiger partial charge in [-0.15, -0.1) is 0 Å². The second-order valence-electron chi connectivity index (χ2n) is 6.75. The smallest absolute Gasteiger partial charge is 0.0780 e. The van der Waals surface area contributed by atoms with Crippen molar-refractivity contribution in [2.75, 3.05) is 0 Å². The Bertz CT molecular complexity index is 1250. The number of hydrogen-bond acceptors (Lipinski definition) is 2. The highest BCUT2D eigenvalue weighted by Crippen LogP contribution is 2.34. The van der Waals surface area contributed by atoms with Gasteiger partial charge < -0.3 is 0 Å². The molecule has 3 aromatic carbocycles. The van der Waals surface area contributed by atoms with E-state index >= 15 is 0 Å². The third kappa shape index (κ3) is 2.95. The Morgan fingerprint density at radius 3 is 2.25 bits per heavy atom. The normalized spacial score (nSPS) is 10.9. The molecule has 5 rings (SSSR count). The minimum absolute atomic E-state index is 1.00. The van der Waals surface area contributed by atoms with Gasteiger partial charge in [0.2, 0.25) is 0 Å². The monoisotopic (exact) mass is 358 g/mol. The number of fused-ring (bicyclic) bond motifs is 1. The molecular formula is C26H18N2. The van der Waals surface area contributed by atoms with Crippen LogP contribution >= 0.6 is 0 Å². The zero-order valence-corrected chi connectivity index (χ0v) is 15.3. The molecule has 0 bridgehead atoms. The van der Waals surface area contributed by atoms with Crippen molar-refractivity contribution in [3.05, 3.63) is 110 Å². The van der Waals surface area contributed by atoms with Gasteiger partial charge in [0.05, 0.1) is 5.69 Å². The average molecular weight is 358 g/mol. The van der Waals surface area contributed by atoms with Crippen LogP contribution in [0.25, 0.3) is 44.3 Å². The van der Waals surface area contributed by atoms with Crippen LogP contribution in [0.15, 0.2) is 110 Å². The molecule has 0 aliphatic carbocycles. The lowest BCUT2D eigenvalue weighted by atomic mass is 9.94. The van der Waals surface area contributed by atoms with Crippen molar-refractivity contribution in [2.45, 2.75) is 0 Å². The summed E-state index contributed by atoms with van der Waals surface area (Å²) in [4.78, 5) is 9.06. The van der Waals surface area contributed by atoms with Gasteiger partial charge in [0.1, 0.15) is 0 Å². The summed E-state index contributed by atoms with van der Waals surface area (Å²) >= 11 is 0. The van der Waals surface area contributed by atoms with E-state index in [0.717, 1.165) is 27.8 Å². The van der Waals surface area contributed by atoms with Crippen molar-refractivity contribution in [3.63, 3.8) is 0 Å². The van der Waals surface area contributed by atoms with Crippen molar-refractivity contribution in [3.8, 4) is 33.5 Å². The van der Waals surface area contributed by atoms with Crippen molar-refractivity contribution < 1.29 is 0 Å². The van der Waals surface area contributed by atoms with E-state index in [1.54, 1.807) is 0 Å². The van der Waals surface area contributed by atoms with E-state index in [1.807, 2.05) is 24.7 Å². The molecule has 0 atom stereocenters. The van der Waals surface area contributed by atoms with Gasteiger partial charge >= 0.3 is 0 Å². The fraction of sp³-hybridized carbons (Fsp3) is 0. The van der Waals surface area contributed by atoms with Gasteiger partial charge in [-0.05, 0) is 40.3 Å². The van der Waals surface area contributed by atoms with E-state index in [4.69, 9.17) is 0 Å². The van der Waals surface area contributed by atoms with Crippen molar-refractivity contribution >= 4 is 10.8 Å². The van der Waals surface area contributed by atoms with E-state index in [2.05, 4.69) is 94.9 Å². The summed E-state index contributed by atoms with van der Waals surface area (Å²) in [5, 5.41) is 2.36. The zero-order chi connectivity index (χ0) is 18.8. The topological polar surface area (TPSA) is 25.8 Å². The molecule has 2 nitrogen and oxygen atoms in total. The van der Waals surface area contributed by atoms with E-state index in [1.165, 1.54) is 16.5 Å². The standard InChI is InChI=1S/C26H18N2/c1-2-7-19(8-3-1)23-14-15-27-18-25(23)21-10-6-11-22(17-21)26-24-12-5-4-9-20(24)13-16-28-26/h1-18H. The largest absolute Gasteiger partial charge is 0.264 e. The molecule has 0 spiro atoms. The maximum atomic E-state index is 4.68. The summed E-state index contributed by atoms with van der Waals surface area (Å²) in [5.41, 5.74) is 6.74. The molecule has 0 N–H and O–H groups in total. The van der Waals surface area contributed by atoms with Crippen LogP contribution in [0, 0.1) is 0 Å². The first kappa shape index (κ1) is 16.4. The number of aromatic nitrogens is 2. The zero-order valence-electron chi connectivity index (χ0n) is 15.3. The van der Waals surface area contributed by atoms with E-state index in [9.17, 15) is 0 Å². The molecule has 0 aliphatic rings. The number of nitrogens with zero attached hydrogens (tertiary/aromatic N) is 2. The Labute approximate surface area is 164 Å². The molecule has 5 aromatic rings. The molecular weight excluding hydrogens is 340 g/mol. The van der Waals surface area contributed by atoms with Gasteiger partial charge in [-0.2, -0.15) is 0 Å². The molecule has 0 aliphatic heterocycles. The molecule has 132 valence electrons. The highest BCUT2D eigenvalue weighted by atomic mass is 14.7. The molecule has 2 heteroatoms. The molecule has 0 saturated heterocycles. The lowest BCUT2D eigenvalue weighted by Gasteiger charge is -2.12. The Morgan fingerprint density at radius 1 is 0.536 bits per heavy atom. The van der Waals surface area contributed by atoms with Gasteiger partial charge in [-0.3, -0.25) is 9.97 Å². The minimum Gasteiger partial charge on any atom is -0.264 e. The Balaban J connectivity index is 1.67. The summed E-state index contributed by atoms with van der Waals surface area (Å²) in [6.45, 7) is 0. The molecule has 0 unspecified atom stereocenters. The van der Waals surface area contributed by atoms with Crippen LogP contribution in [0.3, 0.4) is 0 Å². The van der Waals surface area contributed by atoms with Crippen molar-refractivity contribution in [1.29, 1.82) is 0 Å². The molecule has 2 aromatic heterocycles. The number of hydrogen-bond donors (Lipinski definition) is 0. The summed E-state index contributed by atoms with van der Waals surface area (Å²) < 4.78 is 0. The van der Waals surface area contributed by atoms with Gasteiger partial charge in [-0.25, -0.2) is 0 Å². The predicted octanol–water partition coefficient (Wildman–Crippen LogP) is 6.63. The third-order valence-corrected chi connectivity index (χ3v) is 5.03. The maximum Gasteiger partial charge on any atom is 0.0780 e. The van der Waals surface area contributed by atoms with Crippen molar-refractivity contribution in [2.24, 2.45) is 0 Å². The third-order valence-electron chi connectivity index (χ3n) is 5.03. The molecule has 28 heavy (non-hydrogen) atoms. The van der Waals surface area contributed by atoms with E-state index < -0.39 is 0 Å². The first-order valence-corrected chi connectivity index (χ1v) is 9.34. The number of benzene rings is 3. The van der Waals surface area contributed by atoms with Crippen LogP contribution in [-0.4, -0.2) is 9.97 Å². The fourth-order valence-electron chi connectivity index (χ4n) is 3.68. The van der Waals surface area contributed by atoms with E-state index in [0.29, 0.717) is 0 Å². The van der Waals surface area contributed by atoms with Crippen molar-refractivity contribution in [1.82, 2.24) is 9.97 Å². The quantitative estimate of drug-likeness (QED) is 0.362. The highest BCUT2D eigenvalue weighted by Gasteiger charge is 2.10. The van der Waals surface area contributed by atoms with E-state index in [-0.39, 0.29) is 0 Å². The molecule has 0 radical (unpaired) electrons. The molecule has 0 saturated carbocycles. The maximum absolute atomic E-state index is 4.68. The molecule has 0 amide bonds. The first-order valence-electron chi connectivity index (χ1n) is 9.34. The lowest BCUT2D eigenvalue weighted by molar-refractivity contribution is 1.32. The lowest BCUT2D eigenvalue weighted by Crippen LogP contribution is -1.89. The minimum atomic E-state index is 1.00. The van der Waals surface area contributed by atoms with Gasteiger partial charge in [0, 0.05) is 35.1 Å². The summed E-state index contributed by atoms with van der Waals surface area (Å²) in [6.07, 6.45) is 5.67. The van der Waals surface area contributed by atoms with Crippen LogP contribution in [0.2, 0.25) is 0 Å². The average Bonchev–Trinajstić information content (AvgIpc) is 2.79. The van der Waals surface area contributed by atoms with Crippen LogP contribution in [0.4, 0.5) is 0 Å². The predicted molar refractivity (Wildman–Crippen MR) is 116 cm³/mol. The molecule has 0 fully saturated rings. The Kier molecular flexibility index (Phi) is 4.15. The summed E-state index contributed by atoms with van der Waals surface area (Å²) in [5.74, 6) is 0. The van der Waals surface area contributed by atoms with Gasteiger partial charge in [-0.1, -0.05) is 72.8 Å².